The average Bonchev–Trinajstić information content (AvgIpc) is 2.74. The lowest BCUT2D eigenvalue weighted by Gasteiger charge is -2.15. The van der Waals surface area contributed by atoms with Crippen molar-refractivity contribution in [1.29, 1.82) is 0 Å². The quantitative estimate of drug-likeness (QED) is 0.884. The Hall–Kier alpha value is -1.35. The van der Waals surface area contributed by atoms with E-state index in [0.29, 0.717) is 6.04 Å². The first-order chi connectivity index (χ1) is 9.16. The van der Waals surface area contributed by atoms with Gasteiger partial charge in [0, 0.05) is 11.7 Å². The molecule has 0 aromatic heterocycles. The van der Waals surface area contributed by atoms with Gasteiger partial charge in [0.15, 0.2) is 0 Å². The molecule has 0 spiro atoms. The summed E-state index contributed by atoms with van der Waals surface area (Å²) in [5, 5.41) is 6.41. The van der Waals surface area contributed by atoms with Gasteiger partial charge < -0.3 is 10.6 Å². The van der Waals surface area contributed by atoms with Crippen LogP contribution in [0.2, 0.25) is 0 Å². The number of aryl methyl sites for hydroxylation is 1. The third-order valence-corrected chi connectivity index (χ3v) is 5.15. The summed E-state index contributed by atoms with van der Waals surface area (Å²) in [6, 6.07) is 8.06. The molecule has 1 atom stereocenters. The van der Waals surface area contributed by atoms with Crippen molar-refractivity contribution in [3.63, 3.8) is 0 Å². The van der Waals surface area contributed by atoms with Gasteiger partial charge >= 0.3 is 0 Å². The molecule has 2 rings (SSSR count). The highest BCUT2D eigenvalue weighted by Gasteiger charge is 2.64. The monoisotopic (exact) mass is 274 g/mol. The van der Waals surface area contributed by atoms with Crippen molar-refractivity contribution in [2.24, 2.45) is 10.8 Å². The Morgan fingerprint density at radius 3 is 2.05 bits per heavy atom. The summed E-state index contributed by atoms with van der Waals surface area (Å²) in [7, 11) is 0. The number of amides is 1. The fourth-order valence-corrected chi connectivity index (χ4v) is 2.83. The van der Waals surface area contributed by atoms with Crippen molar-refractivity contribution in [3.05, 3.63) is 29.8 Å². The van der Waals surface area contributed by atoms with E-state index in [1.165, 1.54) is 5.56 Å². The normalized spacial score (nSPS) is 21.3. The molecule has 1 aromatic carbocycles. The zero-order valence-electron chi connectivity index (χ0n) is 13.4. The topological polar surface area (TPSA) is 41.1 Å². The fourth-order valence-electron chi connectivity index (χ4n) is 2.83. The molecule has 0 heterocycles. The number of anilines is 1. The molecule has 3 nitrogen and oxygen atoms in total. The van der Waals surface area contributed by atoms with Crippen LogP contribution in [0.5, 0.6) is 0 Å². The predicted molar refractivity (Wildman–Crippen MR) is 83.8 cm³/mol. The first-order valence-corrected chi connectivity index (χ1v) is 7.30. The van der Waals surface area contributed by atoms with Crippen molar-refractivity contribution in [2.75, 3.05) is 5.32 Å². The molecule has 0 radical (unpaired) electrons. The lowest BCUT2D eigenvalue weighted by atomic mass is 10.0. The van der Waals surface area contributed by atoms with Crippen LogP contribution in [0.25, 0.3) is 0 Å². The van der Waals surface area contributed by atoms with E-state index in [4.69, 9.17) is 0 Å². The third-order valence-electron chi connectivity index (χ3n) is 5.15. The van der Waals surface area contributed by atoms with Crippen LogP contribution in [-0.4, -0.2) is 18.0 Å². The van der Waals surface area contributed by atoms with Gasteiger partial charge in [-0.15, -0.1) is 0 Å². The second kappa shape index (κ2) is 4.88. The maximum atomic E-state index is 12.2. The maximum absolute atomic E-state index is 12.2. The van der Waals surface area contributed by atoms with E-state index in [0.717, 1.165) is 5.69 Å². The van der Waals surface area contributed by atoms with Crippen LogP contribution < -0.4 is 10.6 Å². The van der Waals surface area contributed by atoms with Gasteiger partial charge in [-0.3, -0.25) is 4.79 Å². The summed E-state index contributed by atoms with van der Waals surface area (Å²) in [6.45, 7) is 12.9. The molecule has 3 heteroatoms. The lowest BCUT2D eigenvalue weighted by Crippen LogP contribution is -2.41. The summed E-state index contributed by atoms with van der Waals surface area (Å²) in [5.74, 6) is 0.0207. The Balaban J connectivity index is 1.92. The van der Waals surface area contributed by atoms with Crippen LogP contribution >= 0.6 is 0 Å². The number of hydrogen-bond donors (Lipinski definition) is 2. The molecule has 1 unspecified atom stereocenters. The van der Waals surface area contributed by atoms with Crippen molar-refractivity contribution in [3.8, 4) is 0 Å². The third kappa shape index (κ3) is 2.59. The molecule has 1 fully saturated rings. The molecule has 1 aromatic rings. The summed E-state index contributed by atoms with van der Waals surface area (Å²) < 4.78 is 0. The Morgan fingerprint density at radius 1 is 1.10 bits per heavy atom. The number of carbonyl (C=O) groups is 1. The van der Waals surface area contributed by atoms with Crippen LogP contribution in [0.4, 0.5) is 5.69 Å². The van der Waals surface area contributed by atoms with Crippen molar-refractivity contribution in [1.82, 2.24) is 5.32 Å². The standard InChI is InChI=1S/C17H26N2O/c1-11-7-9-13(10-8-11)19-14(20)12(2)18-15-16(3,4)17(15,5)6/h7-10,12,15,18H,1-6H3,(H,19,20). The highest BCUT2D eigenvalue weighted by Crippen LogP contribution is 2.62. The zero-order chi connectivity index (χ0) is 15.1. The average molecular weight is 274 g/mol. The lowest BCUT2D eigenvalue weighted by molar-refractivity contribution is -0.117. The van der Waals surface area contributed by atoms with Crippen molar-refractivity contribution < 1.29 is 4.79 Å². The molecule has 20 heavy (non-hydrogen) atoms. The van der Waals surface area contributed by atoms with Gasteiger partial charge in [-0.1, -0.05) is 45.4 Å². The molecular weight excluding hydrogens is 248 g/mol. The van der Waals surface area contributed by atoms with E-state index >= 15 is 0 Å². The van der Waals surface area contributed by atoms with Crippen LogP contribution in [0.1, 0.15) is 40.2 Å². The van der Waals surface area contributed by atoms with Crippen LogP contribution in [0.3, 0.4) is 0 Å². The van der Waals surface area contributed by atoms with E-state index in [1.54, 1.807) is 0 Å². The molecule has 110 valence electrons. The van der Waals surface area contributed by atoms with Gasteiger partial charge in [-0.2, -0.15) is 0 Å². The molecule has 1 aliphatic rings. The van der Waals surface area contributed by atoms with Gasteiger partial charge in [0.25, 0.3) is 0 Å². The number of carbonyl (C=O) groups excluding carboxylic acids is 1. The summed E-state index contributed by atoms with van der Waals surface area (Å²) >= 11 is 0. The predicted octanol–water partition coefficient (Wildman–Crippen LogP) is 3.35. The summed E-state index contributed by atoms with van der Waals surface area (Å²) in [5.41, 5.74) is 2.52. The van der Waals surface area contributed by atoms with E-state index in [2.05, 4.69) is 38.3 Å². The first kappa shape index (κ1) is 15.0. The minimum atomic E-state index is -0.192. The molecule has 0 aliphatic heterocycles. The van der Waals surface area contributed by atoms with E-state index in [9.17, 15) is 4.79 Å². The van der Waals surface area contributed by atoms with E-state index < -0.39 is 0 Å². The number of rotatable bonds is 4. The van der Waals surface area contributed by atoms with Crippen LogP contribution in [-0.2, 0) is 4.79 Å². The summed E-state index contributed by atoms with van der Waals surface area (Å²) in [4.78, 5) is 12.2. The molecule has 1 aliphatic carbocycles. The minimum Gasteiger partial charge on any atom is -0.325 e. The van der Waals surface area contributed by atoms with Crippen molar-refractivity contribution in [2.45, 2.75) is 53.6 Å². The van der Waals surface area contributed by atoms with Gasteiger partial charge in [0.1, 0.15) is 0 Å². The number of benzene rings is 1. The second-order valence-electron chi connectivity index (χ2n) is 7.12. The molecule has 0 bridgehead atoms. The minimum absolute atomic E-state index is 0.0207. The van der Waals surface area contributed by atoms with Crippen LogP contribution in [0, 0.1) is 17.8 Å². The molecule has 1 saturated carbocycles. The first-order valence-electron chi connectivity index (χ1n) is 7.30. The van der Waals surface area contributed by atoms with Gasteiger partial charge in [-0.25, -0.2) is 0 Å². The molecular formula is C17H26N2O. The number of hydrogen-bond acceptors (Lipinski definition) is 2. The maximum Gasteiger partial charge on any atom is 0.241 e. The highest BCUT2D eigenvalue weighted by molar-refractivity contribution is 5.94. The zero-order valence-corrected chi connectivity index (χ0v) is 13.4. The molecule has 1 amide bonds. The SMILES string of the molecule is Cc1ccc(NC(=O)C(C)NC2C(C)(C)C2(C)C)cc1. The Morgan fingerprint density at radius 2 is 1.60 bits per heavy atom. The fraction of sp³-hybridized carbons (Fsp3) is 0.588. The largest absolute Gasteiger partial charge is 0.325 e. The van der Waals surface area contributed by atoms with Gasteiger partial charge in [-0.05, 0) is 36.8 Å². The Kier molecular flexibility index (Phi) is 3.67. The second-order valence-corrected chi connectivity index (χ2v) is 7.12. The Bertz CT molecular complexity index is 488. The van der Waals surface area contributed by atoms with Gasteiger partial charge in [0.05, 0.1) is 6.04 Å². The molecule has 2 N–H and O–H groups in total. The van der Waals surface area contributed by atoms with Crippen molar-refractivity contribution >= 4 is 11.6 Å². The Labute approximate surface area is 122 Å². The van der Waals surface area contributed by atoms with E-state index in [-0.39, 0.29) is 22.8 Å². The highest BCUT2D eigenvalue weighted by atomic mass is 16.2. The van der Waals surface area contributed by atoms with Crippen LogP contribution in [0.15, 0.2) is 24.3 Å². The van der Waals surface area contributed by atoms with E-state index in [1.807, 2.05) is 38.1 Å². The van der Waals surface area contributed by atoms with Gasteiger partial charge in [0.2, 0.25) is 5.91 Å². The summed E-state index contributed by atoms with van der Waals surface area (Å²) in [6.07, 6.45) is 0. The smallest absolute Gasteiger partial charge is 0.241 e. The molecule has 0 saturated heterocycles. The number of nitrogens with one attached hydrogen (secondary N) is 2.